The van der Waals surface area contributed by atoms with E-state index in [9.17, 15) is 4.79 Å². The molecule has 0 heterocycles. The van der Waals surface area contributed by atoms with Crippen molar-refractivity contribution in [2.45, 2.75) is 40.3 Å². The maximum Gasteiger partial charge on any atom is 0.251 e. The van der Waals surface area contributed by atoms with E-state index >= 15 is 0 Å². The van der Waals surface area contributed by atoms with Crippen LogP contribution in [0.25, 0.3) is 0 Å². The highest BCUT2D eigenvalue weighted by Crippen LogP contribution is 2.20. The Hall–Kier alpha value is -2.08. The molecule has 0 aliphatic carbocycles. The number of nitrogens with one attached hydrogen (secondary N) is 3. The smallest absolute Gasteiger partial charge is 0.251 e. The molecular weight excluding hydrogens is 316 g/mol. The van der Waals surface area contributed by atoms with Gasteiger partial charge in [0.2, 0.25) is 0 Å². The van der Waals surface area contributed by atoms with Gasteiger partial charge in [0, 0.05) is 32.8 Å². The van der Waals surface area contributed by atoms with Gasteiger partial charge < -0.3 is 20.7 Å². The lowest BCUT2D eigenvalue weighted by Crippen LogP contribution is -2.45. The van der Waals surface area contributed by atoms with E-state index < -0.39 is 0 Å². The standard InChI is InChI=1S/C19H32N4O2/c1-7-21-18(23-13-16(25-6)19(2,3)4)22-12-14-8-10-15(11-9-14)17(24)20-5/h8-11,16H,7,12-13H2,1-6H3,(H,20,24)(H2,21,22,23). The number of rotatable bonds is 7. The van der Waals surface area contributed by atoms with Crippen molar-refractivity contribution in [3.63, 3.8) is 0 Å². The van der Waals surface area contributed by atoms with Crippen LogP contribution in [0.5, 0.6) is 0 Å². The van der Waals surface area contributed by atoms with E-state index in [4.69, 9.17) is 4.74 Å². The van der Waals surface area contributed by atoms with Crippen molar-refractivity contribution in [2.24, 2.45) is 10.4 Å². The normalized spacial score (nSPS) is 13.3. The third kappa shape index (κ3) is 7.13. The van der Waals surface area contributed by atoms with E-state index in [-0.39, 0.29) is 17.4 Å². The van der Waals surface area contributed by atoms with Crippen LogP contribution in [0.3, 0.4) is 0 Å². The largest absolute Gasteiger partial charge is 0.379 e. The highest BCUT2D eigenvalue weighted by molar-refractivity contribution is 5.93. The van der Waals surface area contributed by atoms with Crippen molar-refractivity contribution < 1.29 is 9.53 Å². The summed E-state index contributed by atoms with van der Waals surface area (Å²) >= 11 is 0. The summed E-state index contributed by atoms with van der Waals surface area (Å²) in [5.74, 6) is 0.669. The van der Waals surface area contributed by atoms with Crippen molar-refractivity contribution in [3.05, 3.63) is 35.4 Å². The summed E-state index contributed by atoms with van der Waals surface area (Å²) < 4.78 is 5.57. The van der Waals surface area contributed by atoms with Gasteiger partial charge in [-0.3, -0.25) is 4.79 Å². The fourth-order valence-corrected chi connectivity index (χ4v) is 2.35. The van der Waals surface area contributed by atoms with Crippen molar-refractivity contribution in [3.8, 4) is 0 Å². The number of nitrogens with zero attached hydrogens (tertiary/aromatic N) is 1. The minimum Gasteiger partial charge on any atom is -0.379 e. The maximum absolute atomic E-state index is 11.6. The quantitative estimate of drug-likeness (QED) is 0.521. The monoisotopic (exact) mass is 348 g/mol. The molecule has 0 saturated carbocycles. The Balaban J connectivity index is 2.70. The Morgan fingerprint density at radius 2 is 1.84 bits per heavy atom. The first-order chi connectivity index (χ1) is 11.8. The molecule has 140 valence electrons. The summed E-state index contributed by atoms with van der Waals surface area (Å²) in [6, 6.07) is 7.46. The molecule has 6 heteroatoms. The molecule has 6 nitrogen and oxygen atoms in total. The van der Waals surface area contributed by atoms with Gasteiger partial charge in [-0.2, -0.15) is 0 Å². The Kier molecular flexibility index (Phi) is 8.41. The first-order valence-electron chi connectivity index (χ1n) is 8.67. The number of carbonyl (C=O) groups excluding carboxylic acids is 1. The molecule has 0 saturated heterocycles. The summed E-state index contributed by atoms with van der Waals surface area (Å²) in [7, 11) is 3.36. The molecule has 0 bridgehead atoms. The van der Waals surface area contributed by atoms with E-state index in [0.29, 0.717) is 18.7 Å². The molecule has 1 aromatic rings. The highest BCUT2D eigenvalue weighted by atomic mass is 16.5. The van der Waals surface area contributed by atoms with E-state index in [0.717, 1.165) is 18.1 Å². The number of hydrogen-bond acceptors (Lipinski definition) is 3. The molecule has 3 N–H and O–H groups in total. The van der Waals surface area contributed by atoms with Crippen LogP contribution in [-0.2, 0) is 11.3 Å². The maximum atomic E-state index is 11.6. The number of ether oxygens (including phenoxy) is 1. The zero-order valence-corrected chi connectivity index (χ0v) is 16.3. The molecular formula is C19H32N4O2. The molecule has 1 unspecified atom stereocenters. The van der Waals surface area contributed by atoms with Gasteiger partial charge in [0.25, 0.3) is 5.91 Å². The summed E-state index contributed by atoms with van der Waals surface area (Å²) in [6.07, 6.45) is 0.0863. The van der Waals surface area contributed by atoms with Crippen molar-refractivity contribution in [1.29, 1.82) is 0 Å². The number of methoxy groups -OCH3 is 1. The van der Waals surface area contributed by atoms with Gasteiger partial charge in [-0.05, 0) is 30.0 Å². The van der Waals surface area contributed by atoms with Crippen LogP contribution in [0.15, 0.2) is 29.3 Å². The van der Waals surface area contributed by atoms with Gasteiger partial charge >= 0.3 is 0 Å². The van der Waals surface area contributed by atoms with Crippen molar-refractivity contribution in [1.82, 2.24) is 16.0 Å². The topological polar surface area (TPSA) is 74.8 Å². The summed E-state index contributed by atoms with van der Waals surface area (Å²) in [5, 5.41) is 9.19. The highest BCUT2D eigenvalue weighted by Gasteiger charge is 2.24. The number of amides is 1. The molecule has 0 spiro atoms. The molecule has 0 aliphatic rings. The number of hydrogen-bond donors (Lipinski definition) is 3. The summed E-state index contributed by atoms with van der Waals surface area (Å²) in [6.45, 7) is 10.5. The number of guanidine groups is 1. The lowest BCUT2D eigenvalue weighted by atomic mass is 9.89. The Labute approximate surface area is 151 Å². The predicted molar refractivity (Wildman–Crippen MR) is 103 cm³/mol. The molecule has 0 aromatic heterocycles. The minimum atomic E-state index is -0.0853. The van der Waals surface area contributed by atoms with Crippen LogP contribution in [0, 0.1) is 5.41 Å². The van der Waals surface area contributed by atoms with Gasteiger partial charge in [-0.25, -0.2) is 4.99 Å². The fourth-order valence-electron chi connectivity index (χ4n) is 2.35. The molecule has 0 radical (unpaired) electrons. The van der Waals surface area contributed by atoms with Gasteiger partial charge in [0.05, 0.1) is 12.6 Å². The molecule has 1 amide bonds. The number of carbonyl (C=O) groups is 1. The van der Waals surface area contributed by atoms with Crippen molar-refractivity contribution in [2.75, 3.05) is 27.2 Å². The number of aliphatic imine (C=N–C) groups is 1. The Bertz CT molecular complexity index is 562. The van der Waals surface area contributed by atoms with Crippen LogP contribution < -0.4 is 16.0 Å². The third-order valence-electron chi connectivity index (χ3n) is 3.91. The summed E-state index contributed by atoms with van der Waals surface area (Å²) in [4.78, 5) is 16.2. The minimum absolute atomic E-state index is 0.0504. The molecule has 25 heavy (non-hydrogen) atoms. The van der Waals surface area contributed by atoms with Gasteiger partial charge in [0.1, 0.15) is 0 Å². The summed E-state index contributed by atoms with van der Waals surface area (Å²) in [5.41, 5.74) is 1.74. The van der Waals surface area contributed by atoms with E-state index in [1.165, 1.54) is 0 Å². The zero-order valence-electron chi connectivity index (χ0n) is 16.3. The second-order valence-corrected chi connectivity index (χ2v) is 6.94. The van der Waals surface area contributed by atoms with Gasteiger partial charge in [-0.1, -0.05) is 32.9 Å². The van der Waals surface area contributed by atoms with Crippen LogP contribution in [0.2, 0.25) is 0 Å². The van der Waals surface area contributed by atoms with Gasteiger partial charge in [-0.15, -0.1) is 0 Å². The predicted octanol–water partition coefficient (Wildman–Crippen LogP) is 2.16. The number of benzene rings is 1. The van der Waals surface area contributed by atoms with Crippen LogP contribution in [0.4, 0.5) is 0 Å². The second kappa shape index (κ2) is 10.0. The lowest BCUT2D eigenvalue weighted by Gasteiger charge is -2.30. The first kappa shape index (κ1) is 21.0. The third-order valence-corrected chi connectivity index (χ3v) is 3.91. The average molecular weight is 348 g/mol. The molecule has 1 aromatic carbocycles. The Morgan fingerprint density at radius 3 is 2.32 bits per heavy atom. The second-order valence-electron chi connectivity index (χ2n) is 6.94. The van der Waals surface area contributed by atoms with Crippen LogP contribution in [0.1, 0.15) is 43.6 Å². The first-order valence-corrected chi connectivity index (χ1v) is 8.67. The van der Waals surface area contributed by atoms with Gasteiger partial charge in [0.15, 0.2) is 5.96 Å². The average Bonchev–Trinajstić information content (AvgIpc) is 2.58. The zero-order chi connectivity index (χ0) is 18.9. The molecule has 0 aliphatic heterocycles. The fraction of sp³-hybridized carbons (Fsp3) is 0.579. The van der Waals surface area contributed by atoms with E-state index in [2.05, 4.69) is 41.7 Å². The lowest BCUT2D eigenvalue weighted by molar-refractivity contribution is 0.0205. The Morgan fingerprint density at radius 1 is 1.20 bits per heavy atom. The van der Waals surface area contributed by atoms with Crippen molar-refractivity contribution >= 4 is 11.9 Å². The molecule has 1 atom stereocenters. The van der Waals surface area contributed by atoms with Crippen LogP contribution >= 0.6 is 0 Å². The molecule has 0 fully saturated rings. The van der Waals surface area contributed by atoms with E-state index in [1.54, 1.807) is 14.2 Å². The van der Waals surface area contributed by atoms with Crippen LogP contribution in [-0.4, -0.2) is 45.2 Å². The van der Waals surface area contributed by atoms with E-state index in [1.807, 2.05) is 31.2 Å². The molecule has 1 rings (SSSR count). The SMILES string of the molecule is CCNC(=NCc1ccc(C(=O)NC)cc1)NCC(OC)C(C)(C)C.